The van der Waals surface area contributed by atoms with Crippen molar-refractivity contribution >= 4 is 12.0 Å². The van der Waals surface area contributed by atoms with Crippen LogP contribution in [-0.2, 0) is 4.74 Å². The number of benzene rings is 1. The van der Waals surface area contributed by atoms with Crippen LogP contribution in [-0.4, -0.2) is 35.1 Å². The van der Waals surface area contributed by atoms with Crippen molar-refractivity contribution in [3.8, 4) is 11.1 Å². The Hall–Kier alpha value is -2.69. The number of amides is 1. The van der Waals surface area contributed by atoms with Gasteiger partial charge in [-0.25, -0.2) is 9.79 Å². The van der Waals surface area contributed by atoms with Gasteiger partial charge in [0.25, 0.3) is 0 Å². The number of aromatic nitrogens is 1. The van der Waals surface area contributed by atoms with Crippen molar-refractivity contribution in [1.82, 2.24) is 9.88 Å². The summed E-state index contributed by atoms with van der Waals surface area (Å²) in [5.74, 6) is 1.04. The molecule has 0 N–H and O–H groups in total. The van der Waals surface area contributed by atoms with Gasteiger partial charge in [0, 0.05) is 24.5 Å². The summed E-state index contributed by atoms with van der Waals surface area (Å²) in [5.41, 5.74) is 2.94. The van der Waals surface area contributed by atoms with Gasteiger partial charge in [-0.05, 0) is 48.1 Å². The molecule has 116 valence electrons. The topological polar surface area (TPSA) is 54.8 Å². The molecule has 0 atom stereocenters. The summed E-state index contributed by atoms with van der Waals surface area (Å²) in [6.45, 7) is 1.14. The number of pyridine rings is 1. The van der Waals surface area contributed by atoms with E-state index in [0.29, 0.717) is 18.5 Å². The molecule has 0 radical (unpaired) electrons. The summed E-state index contributed by atoms with van der Waals surface area (Å²) in [5, 5.41) is 0. The third-order valence-corrected chi connectivity index (χ3v) is 4.13. The van der Waals surface area contributed by atoms with Crippen molar-refractivity contribution in [2.24, 2.45) is 10.9 Å². The lowest BCUT2D eigenvalue weighted by molar-refractivity contribution is 0.139. The molecule has 5 heteroatoms. The molecule has 0 saturated heterocycles. The van der Waals surface area contributed by atoms with E-state index in [1.807, 2.05) is 42.6 Å². The molecule has 0 bridgehead atoms. The van der Waals surface area contributed by atoms with E-state index >= 15 is 0 Å². The van der Waals surface area contributed by atoms with Gasteiger partial charge in [-0.15, -0.1) is 0 Å². The maximum atomic E-state index is 12.0. The molecule has 1 fully saturated rings. The summed E-state index contributed by atoms with van der Waals surface area (Å²) in [6.07, 6.45) is 5.69. The third kappa shape index (κ3) is 3.08. The van der Waals surface area contributed by atoms with Crippen molar-refractivity contribution in [3.63, 3.8) is 0 Å². The van der Waals surface area contributed by atoms with Crippen LogP contribution in [0.4, 0.5) is 4.79 Å². The van der Waals surface area contributed by atoms with Crippen molar-refractivity contribution in [2.45, 2.75) is 12.8 Å². The second-order valence-electron chi connectivity index (χ2n) is 5.96. The number of nitrogens with zero attached hydrogens (tertiary/aromatic N) is 3. The lowest BCUT2D eigenvalue weighted by Gasteiger charge is -2.24. The maximum Gasteiger partial charge on any atom is 0.418 e. The predicted molar refractivity (Wildman–Crippen MR) is 87.0 cm³/mol. The number of ether oxygens (including phenoxy) is 1. The summed E-state index contributed by atoms with van der Waals surface area (Å²) < 4.78 is 5.38. The summed E-state index contributed by atoms with van der Waals surface area (Å²) in [6, 6.07) is 11.7. The smallest absolute Gasteiger partial charge is 0.391 e. The first-order chi connectivity index (χ1) is 11.3. The molecule has 4 rings (SSSR count). The van der Waals surface area contributed by atoms with Crippen LogP contribution in [0.15, 0.2) is 53.8 Å². The molecule has 23 heavy (non-hydrogen) atoms. The fourth-order valence-electron chi connectivity index (χ4n) is 2.62. The fraction of sp³-hybridized carbons (Fsp3) is 0.278. The first-order valence-electron chi connectivity index (χ1n) is 7.81. The number of aliphatic imine (C=N–C) groups is 1. The van der Waals surface area contributed by atoms with Gasteiger partial charge in [0.1, 0.15) is 6.67 Å². The van der Waals surface area contributed by atoms with Crippen LogP contribution < -0.4 is 0 Å². The molecule has 1 aliphatic heterocycles. The minimum atomic E-state index is -0.293. The van der Waals surface area contributed by atoms with Crippen LogP contribution in [0.5, 0.6) is 0 Å². The van der Waals surface area contributed by atoms with Crippen molar-refractivity contribution < 1.29 is 9.53 Å². The van der Waals surface area contributed by atoms with Gasteiger partial charge in [-0.3, -0.25) is 9.88 Å². The van der Waals surface area contributed by atoms with E-state index in [1.165, 1.54) is 12.8 Å². The van der Waals surface area contributed by atoms with E-state index in [9.17, 15) is 4.79 Å². The molecule has 2 aliphatic rings. The maximum absolute atomic E-state index is 12.0. The average molecular weight is 307 g/mol. The standard InChI is InChI=1S/C18H17N3O2/c22-18-21(11-13-3-4-13)12-20-17(23-18)15-7-5-14(6-8-15)16-2-1-9-19-10-16/h1-2,5-10,13H,3-4,11-12H2. The molecule has 5 nitrogen and oxygen atoms in total. The van der Waals surface area contributed by atoms with Crippen molar-refractivity contribution in [1.29, 1.82) is 0 Å². The van der Waals surface area contributed by atoms with E-state index in [-0.39, 0.29) is 6.09 Å². The Morgan fingerprint density at radius 2 is 1.87 bits per heavy atom. The van der Waals surface area contributed by atoms with E-state index in [2.05, 4.69) is 9.98 Å². The number of carbonyl (C=O) groups excluding carboxylic acids is 1. The molecule has 1 amide bonds. The van der Waals surface area contributed by atoms with Crippen LogP contribution in [0.1, 0.15) is 18.4 Å². The highest BCUT2D eigenvalue weighted by molar-refractivity contribution is 6.01. The van der Waals surface area contributed by atoms with E-state index in [0.717, 1.165) is 23.2 Å². The largest absolute Gasteiger partial charge is 0.418 e. The van der Waals surface area contributed by atoms with Gasteiger partial charge in [0.2, 0.25) is 5.90 Å². The summed E-state index contributed by atoms with van der Waals surface area (Å²) >= 11 is 0. The van der Waals surface area contributed by atoms with Gasteiger partial charge >= 0.3 is 6.09 Å². The number of carbonyl (C=O) groups is 1. The van der Waals surface area contributed by atoms with Crippen LogP contribution in [0.25, 0.3) is 11.1 Å². The zero-order valence-corrected chi connectivity index (χ0v) is 12.7. The number of hydrogen-bond donors (Lipinski definition) is 0. The van der Waals surface area contributed by atoms with Gasteiger partial charge < -0.3 is 4.74 Å². The molecule has 1 aliphatic carbocycles. The SMILES string of the molecule is O=C1OC(c2ccc(-c3cccnc3)cc2)=NCN1CC1CC1. The molecular formula is C18H17N3O2. The number of cyclic esters (lactones) is 1. The lowest BCUT2D eigenvalue weighted by Crippen LogP contribution is -2.39. The molecule has 1 aromatic carbocycles. The number of hydrogen-bond acceptors (Lipinski definition) is 4. The van der Waals surface area contributed by atoms with E-state index in [4.69, 9.17) is 4.74 Å². The molecule has 1 aromatic heterocycles. The van der Waals surface area contributed by atoms with Crippen LogP contribution in [0.3, 0.4) is 0 Å². The highest BCUT2D eigenvalue weighted by atomic mass is 16.6. The van der Waals surface area contributed by atoms with Crippen molar-refractivity contribution in [2.75, 3.05) is 13.2 Å². The Labute approximate surface area is 134 Å². The Kier molecular flexibility index (Phi) is 3.54. The third-order valence-electron chi connectivity index (χ3n) is 4.13. The Morgan fingerprint density at radius 3 is 2.52 bits per heavy atom. The second-order valence-corrected chi connectivity index (χ2v) is 5.96. The molecule has 0 spiro atoms. The lowest BCUT2D eigenvalue weighted by atomic mass is 10.1. The Morgan fingerprint density at radius 1 is 1.09 bits per heavy atom. The van der Waals surface area contributed by atoms with E-state index in [1.54, 1.807) is 11.1 Å². The van der Waals surface area contributed by atoms with Crippen LogP contribution in [0, 0.1) is 5.92 Å². The second kappa shape index (κ2) is 5.83. The highest BCUT2D eigenvalue weighted by Crippen LogP contribution is 2.30. The first kappa shape index (κ1) is 13.9. The van der Waals surface area contributed by atoms with Gasteiger partial charge in [0.05, 0.1) is 0 Å². The van der Waals surface area contributed by atoms with Gasteiger partial charge in [0.15, 0.2) is 0 Å². The Balaban J connectivity index is 1.50. The van der Waals surface area contributed by atoms with E-state index < -0.39 is 0 Å². The normalized spacial score (nSPS) is 17.7. The van der Waals surface area contributed by atoms with Gasteiger partial charge in [-0.1, -0.05) is 18.2 Å². The molecule has 2 aromatic rings. The number of rotatable bonds is 4. The summed E-state index contributed by atoms with van der Waals surface area (Å²) in [7, 11) is 0. The first-order valence-corrected chi connectivity index (χ1v) is 7.81. The van der Waals surface area contributed by atoms with Crippen molar-refractivity contribution in [3.05, 3.63) is 54.4 Å². The summed E-state index contributed by atoms with van der Waals surface area (Å²) in [4.78, 5) is 22.2. The molecule has 2 heterocycles. The van der Waals surface area contributed by atoms with Gasteiger partial charge in [-0.2, -0.15) is 0 Å². The monoisotopic (exact) mass is 307 g/mol. The molecular weight excluding hydrogens is 290 g/mol. The minimum absolute atomic E-state index is 0.293. The Bertz CT molecular complexity index is 737. The fourth-order valence-corrected chi connectivity index (χ4v) is 2.62. The highest BCUT2D eigenvalue weighted by Gasteiger charge is 2.30. The van der Waals surface area contributed by atoms with Crippen LogP contribution >= 0.6 is 0 Å². The minimum Gasteiger partial charge on any atom is -0.391 e. The predicted octanol–water partition coefficient (Wildman–Crippen LogP) is 3.31. The molecule has 0 unspecified atom stereocenters. The zero-order chi connectivity index (χ0) is 15.6. The zero-order valence-electron chi connectivity index (χ0n) is 12.7. The quantitative estimate of drug-likeness (QED) is 0.870. The van der Waals surface area contributed by atoms with Crippen LogP contribution in [0.2, 0.25) is 0 Å². The molecule has 1 saturated carbocycles. The average Bonchev–Trinajstić information content (AvgIpc) is 3.42.